The number of benzene rings is 3. The van der Waals surface area contributed by atoms with Gasteiger partial charge >= 0.3 is 5.97 Å². The molecule has 0 bridgehead atoms. The first kappa shape index (κ1) is 26.0. The van der Waals surface area contributed by atoms with E-state index in [9.17, 15) is 4.79 Å². The van der Waals surface area contributed by atoms with Crippen LogP contribution in [0.4, 0.5) is 0 Å². The smallest absolute Gasteiger partial charge is 0.338 e. The monoisotopic (exact) mass is 502 g/mol. The molecule has 0 saturated carbocycles. The molecule has 0 spiro atoms. The third kappa shape index (κ3) is 5.84. The van der Waals surface area contributed by atoms with Crippen LogP contribution in [-0.4, -0.2) is 12.6 Å². The van der Waals surface area contributed by atoms with E-state index in [0.29, 0.717) is 17.2 Å². The van der Waals surface area contributed by atoms with Crippen LogP contribution in [0.3, 0.4) is 0 Å². The van der Waals surface area contributed by atoms with Crippen LogP contribution >= 0.6 is 11.6 Å². The number of halogens is 1. The van der Waals surface area contributed by atoms with Crippen LogP contribution in [0.5, 0.6) is 5.75 Å². The van der Waals surface area contributed by atoms with Gasteiger partial charge in [0.25, 0.3) is 0 Å². The summed E-state index contributed by atoms with van der Waals surface area (Å²) in [6.07, 6.45) is 6.14. The number of esters is 1. The van der Waals surface area contributed by atoms with Crippen molar-refractivity contribution < 1.29 is 14.3 Å². The van der Waals surface area contributed by atoms with Crippen LogP contribution in [0.25, 0.3) is 6.08 Å². The van der Waals surface area contributed by atoms with Crippen molar-refractivity contribution in [1.82, 2.24) is 0 Å². The molecule has 0 heterocycles. The summed E-state index contributed by atoms with van der Waals surface area (Å²) in [6.45, 7) is 11.5. The van der Waals surface area contributed by atoms with Crippen LogP contribution in [0.2, 0.25) is 5.02 Å². The van der Waals surface area contributed by atoms with Crippen molar-refractivity contribution in [3.8, 4) is 5.75 Å². The highest BCUT2D eigenvalue weighted by molar-refractivity contribution is 6.30. The number of hydrogen-bond acceptors (Lipinski definition) is 3. The van der Waals surface area contributed by atoms with Crippen molar-refractivity contribution in [2.45, 2.75) is 64.4 Å². The Balaban J connectivity index is 1.68. The van der Waals surface area contributed by atoms with Gasteiger partial charge in [0, 0.05) is 5.02 Å². The van der Waals surface area contributed by atoms with E-state index in [4.69, 9.17) is 21.1 Å². The Morgan fingerprint density at radius 2 is 1.56 bits per heavy atom. The van der Waals surface area contributed by atoms with Crippen molar-refractivity contribution in [3.63, 3.8) is 0 Å². The zero-order valence-corrected chi connectivity index (χ0v) is 22.6. The highest BCUT2D eigenvalue weighted by atomic mass is 35.5. The molecule has 0 aliphatic heterocycles. The number of rotatable bonds is 7. The Bertz CT molecular complexity index is 1240. The molecular weight excluding hydrogens is 468 g/mol. The molecule has 0 aromatic heterocycles. The van der Waals surface area contributed by atoms with Crippen molar-refractivity contribution in [1.29, 1.82) is 0 Å². The van der Waals surface area contributed by atoms with E-state index in [0.717, 1.165) is 23.3 Å². The first-order chi connectivity index (χ1) is 17.1. The van der Waals surface area contributed by atoms with E-state index in [1.807, 2.05) is 42.5 Å². The van der Waals surface area contributed by atoms with Crippen molar-refractivity contribution in [3.05, 3.63) is 106 Å². The lowest BCUT2D eigenvalue weighted by atomic mass is 9.63. The van der Waals surface area contributed by atoms with Gasteiger partial charge < -0.3 is 9.47 Å². The van der Waals surface area contributed by atoms with E-state index in [1.54, 1.807) is 19.1 Å². The fourth-order valence-electron chi connectivity index (χ4n) is 4.80. The molecule has 0 radical (unpaired) electrons. The molecule has 0 saturated heterocycles. The Morgan fingerprint density at radius 3 is 2.19 bits per heavy atom. The second-order valence-corrected chi connectivity index (χ2v) is 11.2. The molecule has 1 aliphatic rings. The highest BCUT2D eigenvalue weighted by Crippen LogP contribution is 2.46. The zero-order valence-electron chi connectivity index (χ0n) is 21.8. The quantitative estimate of drug-likeness (QED) is 0.303. The van der Waals surface area contributed by atoms with Crippen LogP contribution < -0.4 is 4.74 Å². The van der Waals surface area contributed by atoms with Crippen LogP contribution in [-0.2, 0) is 15.6 Å². The lowest BCUT2D eigenvalue weighted by Crippen LogP contribution is -2.34. The molecule has 0 amide bonds. The molecule has 3 aromatic rings. The second kappa shape index (κ2) is 10.5. The van der Waals surface area contributed by atoms with Crippen LogP contribution in [0.15, 0.2) is 72.8 Å². The molecule has 36 heavy (non-hydrogen) atoms. The largest absolute Gasteiger partial charge is 0.482 e. The van der Waals surface area contributed by atoms with E-state index < -0.39 is 0 Å². The van der Waals surface area contributed by atoms with Crippen molar-refractivity contribution in [2.24, 2.45) is 0 Å². The summed E-state index contributed by atoms with van der Waals surface area (Å²) in [6, 6.07) is 21.7. The molecule has 188 valence electrons. The fourth-order valence-corrected chi connectivity index (χ4v) is 4.93. The van der Waals surface area contributed by atoms with E-state index in [-0.39, 0.29) is 22.9 Å². The first-order valence-electron chi connectivity index (χ1n) is 12.6. The number of hydrogen-bond donors (Lipinski definition) is 0. The third-order valence-corrected chi connectivity index (χ3v) is 7.42. The van der Waals surface area contributed by atoms with Gasteiger partial charge in [-0.25, -0.2) is 4.79 Å². The van der Waals surface area contributed by atoms with Crippen molar-refractivity contribution >= 4 is 23.6 Å². The maximum absolute atomic E-state index is 12.0. The predicted octanol–water partition coefficient (Wildman–Crippen LogP) is 8.70. The molecule has 4 heteroatoms. The normalized spacial score (nSPS) is 16.8. The average molecular weight is 503 g/mol. The molecule has 4 rings (SSSR count). The van der Waals surface area contributed by atoms with E-state index in [2.05, 4.69) is 52.0 Å². The summed E-state index contributed by atoms with van der Waals surface area (Å²) in [5.41, 5.74) is 5.72. The molecule has 3 aromatic carbocycles. The van der Waals surface area contributed by atoms with Gasteiger partial charge in [-0.1, -0.05) is 75.7 Å². The lowest BCUT2D eigenvalue weighted by Gasteiger charge is -2.42. The van der Waals surface area contributed by atoms with Gasteiger partial charge in [-0.2, -0.15) is 0 Å². The number of carbonyl (C=O) groups is 1. The van der Waals surface area contributed by atoms with Gasteiger partial charge in [0.05, 0.1) is 12.2 Å². The Labute approximate surface area is 220 Å². The Kier molecular flexibility index (Phi) is 7.61. The Morgan fingerprint density at radius 1 is 0.917 bits per heavy atom. The molecular formula is C32H35ClO3. The average Bonchev–Trinajstić information content (AvgIpc) is 2.86. The lowest BCUT2D eigenvalue weighted by molar-refractivity contribution is 0.0526. The minimum atomic E-state index is -0.309. The molecule has 0 N–H and O–H groups in total. The first-order valence-corrected chi connectivity index (χ1v) is 13.0. The predicted molar refractivity (Wildman–Crippen MR) is 148 cm³/mol. The molecule has 1 aliphatic carbocycles. The highest BCUT2D eigenvalue weighted by Gasteiger charge is 2.37. The summed E-state index contributed by atoms with van der Waals surface area (Å²) < 4.78 is 11.6. The SMILES string of the molecule is CCOC(=O)c1ccc(C=C[C@@H](Oc2ccc(Cl)cc2)c2ccc3c(c2)C(C)(C)CCC3(C)C)cc1. The van der Waals surface area contributed by atoms with Gasteiger partial charge in [0.2, 0.25) is 0 Å². The minimum Gasteiger partial charge on any atom is -0.482 e. The van der Waals surface area contributed by atoms with Gasteiger partial charge in [-0.15, -0.1) is 0 Å². The van der Waals surface area contributed by atoms with Crippen LogP contribution in [0.1, 0.15) is 86.2 Å². The number of fused-ring (bicyclic) bond motifs is 1. The maximum Gasteiger partial charge on any atom is 0.338 e. The fraction of sp³-hybridized carbons (Fsp3) is 0.344. The summed E-state index contributed by atoms with van der Waals surface area (Å²) in [4.78, 5) is 12.0. The second-order valence-electron chi connectivity index (χ2n) is 10.8. The summed E-state index contributed by atoms with van der Waals surface area (Å²) in [5.74, 6) is 0.445. The van der Waals surface area contributed by atoms with Crippen molar-refractivity contribution in [2.75, 3.05) is 6.61 Å². The number of carbonyl (C=O) groups excluding carboxylic acids is 1. The molecule has 3 nitrogen and oxygen atoms in total. The zero-order chi connectivity index (χ0) is 25.9. The van der Waals surface area contributed by atoms with E-state index in [1.165, 1.54) is 17.5 Å². The Hall–Kier alpha value is -3.04. The standard InChI is InChI=1S/C32H35ClO3/c1-6-35-30(34)23-10-7-22(8-11-23)9-18-29(36-26-15-13-25(33)14-16-26)24-12-17-27-28(21-24)32(4,5)20-19-31(27,2)3/h7-18,21,29H,6,19-20H2,1-5H3/t29-/m1/s1. The van der Waals surface area contributed by atoms with Gasteiger partial charge in [0.15, 0.2) is 0 Å². The van der Waals surface area contributed by atoms with Crippen LogP contribution in [0, 0.1) is 0 Å². The third-order valence-electron chi connectivity index (χ3n) is 7.17. The topological polar surface area (TPSA) is 35.5 Å². The number of ether oxygens (including phenoxy) is 2. The van der Waals surface area contributed by atoms with E-state index >= 15 is 0 Å². The molecule has 0 unspecified atom stereocenters. The molecule has 1 atom stereocenters. The molecule has 0 fully saturated rings. The van der Waals surface area contributed by atoms with Gasteiger partial charge in [-0.05, 0) is 95.3 Å². The summed E-state index contributed by atoms with van der Waals surface area (Å²) in [5, 5.41) is 0.675. The minimum absolute atomic E-state index is 0.109. The summed E-state index contributed by atoms with van der Waals surface area (Å²) >= 11 is 6.10. The maximum atomic E-state index is 12.0. The summed E-state index contributed by atoms with van der Waals surface area (Å²) in [7, 11) is 0. The van der Waals surface area contributed by atoms with Gasteiger partial charge in [0.1, 0.15) is 11.9 Å². The van der Waals surface area contributed by atoms with Gasteiger partial charge in [-0.3, -0.25) is 0 Å².